The minimum atomic E-state index is -0.390. The lowest BCUT2D eigenvalue weighted by Crippen LogP contribution is -2.25. The fourth-order valence-corrected chi connectivity index (χ4v) is 10.6. The molecule has 0 amide bonds. The third-order valence-electron chi connectivity index (χ3n) is 13.4. The molecular formula is C61H38N4. The van der Waals surface area contributed by atoms with Gasteiger partial charge in [-0.15, -0.1) is 0 Å². The fourth-order valence-electron chi connectivity index (χ4n) is 10.6. The van der Waals surface area contributed by atoms with Gasteiger partial charge in [0.15, 0.2) is 17.5 Å². The average Bonchev–Trinajstić information content (AvgIpc) is 3.86. The average molecular weight is 827 g/mol. The summed E-state index contributed by atoms with van der Waals surface area (Å²) < 4.78 is 0. The number of para-hydroxylation sites is 1. The summed E-state index contributed by atoms with van der Waals surface area (Å²) in [5.74, 6) is 1.87. The van der Waals surface area contributed by atoms with Gasteiger partial charge < -0.3 is 0 Å². The fraction of sp³-hybridized carbons (Fsp3) is 0.0164. The van der Waals surface area contributed by atoms with Crippen molar-refractivity contribution in [3.63, 3.8) is 0 Å². The molecule has 2 heterocycles. The van der Waals surface area contributed by atoms with E-state index in [-0.39, 0.29) is 5.41 Å². The SMILES string of the molecule is c1ccc(-c2nc(-c3ccc(-c4cccc5cccnc45)cc3)nc(-c3cccc(-c4cccc(-c5cccc6c5-c5ccccc5C65c6ccccc6-c6ccccc65)c4)c3)n2)cc1. The lowest BCUT2D eigenvalue weighted by molar-refractivity contribution is 0.794. The van der Waals surface area contributed by atoms with Gasteiger partial charge in [0.25, 0.3) is 0 Å². The van der Waals surface area contributed by atoms with Crippen molar-refractivity contribution < 1.29 is 0 Å². The van der Waals surface area contributed by atoms with Crippen LogP contribution in [0.1, 0.15) is 22.3 Å². The van der Waals surface area contributed by atoms with Gasteiger partial charge in [-0.2, -0.15) is 0 Å². The first-order valence-corrected chi connectivity index (χ1v) is 22.1. The van der Waals surface area contributed by atoms with Crippen molar-refractivity contribution in [1.29, 1.82) is 0 Å². The van der Waals surface area contributed by atoms with Crippen LogP contribution >= 0.6 is 0 Å². The third-order valence-corrected chi connectivity index (χ3v) is 13.4. The van der Waals surface area contributed by atoms with Crippen molar-refractivity contribution in [2.75, 3.05) is 0 Å². The van der Waals surface area contributed by atoms with E-state index in [9.17, 15) is 0 Å². The van der Waals surface area contributed by atoms with Crippen LogP contribution in [0.4, 0.5) is 0 Å². The molecule has 2 aliphatic carbocycles. The first-order valence-electron chi connectivity index (χ1n) is 22.1. The second kappa shape index (κ2) is 14.8. The Hall–Kier alpha value is -8.60. The normalized spacial score (nSPS) is 12.7. The van der Waals surface area contributed by atoms with Crippen molar-refractivity contribution >= 4 is 10.9 Å². The molecule has 0 atom stereocenters. The molecule has 9 aromatic carbocycles. The summed E-state index contributed by atoms with van der Waals surface area (Å²) in [6, 6.07) is 80.4. The zero-order chi connectivity index (χ0) is 42.9. The monoisotopic (exact) mass is 826 g/mol. The molecule has 0 saturated heterocycles. The van der Waals surface area contributed by atoms with Crippen LogP contribution in [0.5, 0.6) is 0 Å². The van der Waals surface area contributed by atoms with Gasteiger partial charge in [-0.3, -0.25) is 4.98 Å². The molecule has 65 heavy (non-hydrogen) atoms. The molecule has 1 spiro atoms. The second-order valence-electron chi connectivity index (χ2n) is 16.9. The van der Waals surface area contributed by atoms with Gasteiger partial charge in [-0.25, -0.2) is 15.0 Å². The van der Waals surface area contributed by atoms with Gasteiger partial charge in [-0.05, 0) is 90.5 Å². The van der Waals surface area contributed by atoms with Crippen LogP contribution in [0.3, 0.4) is 0 Å². The summed E-state index contributed by atoms with van der Waals surface area (Å²) in [5, 5.41) is 1.11. The second-order valence-corrected chi connectivity index (χ2v) is 16.9. The Bertz CT molecular complexity index is 3620. The smallest absolute Gasteiger partial charge is 0.164 e. The highest BCUT2D eigenvalue weighted by Gasteiger charge is 2.51. The lowest BCUT2D eigenvalue weighted by atomic mass is 9.70. The van der Waals surface area contributed by atoms with Crippen LogP contribution in [0.2, 0.25) is 0 Å². The molecule has 0 N–H and O–H groups in total. The van der Waals surface area contributed by atoms with E-state index in [1.807, 2.05) is 42.6 Å². The predicted octanol–water partition coefficient (Wildman–Crippen LogP) is 14.8. The number of nitrogens with zero attached hydrogens (tertiary/aromatic N) is 4. The Balaban J connectivity index is 0.904. The van der Waals surface area contributed by atoms with Gasteiger partial charge in [-0.1, -0.05) is 206 Å². The number of aromatic nitrogens is 4. The summed E-state index contributed by atoms with van der Waals surface area (Å²) in [7, 11) is 0. The predicted molar refractivity (Wildman–Crippen MR) is 264 cm³/mol. The molecule has 11 aromatic rings. The number of rotatable bonds is 6. The van der Waals surface area contributed by atoms with E-state index in [2.05, 4.69) is 188 Å². The molecule has 0 saturated carbocycles. The Morgan fingerprint density at radius 3 is 1.43 bits per heavy atom. The number of benzene rings is 9. The summed E-state index contributed by atoms with van der Waals surface area (Å²) in [4.78, 5) is 20.0. The minimum Gasteiger partial charge on any atom is -0.256 e. The van der Waals surface area contributed by atoms with Crippen LogP contribution < -0.4 is 0 Å². The molecule has 0 aliphatic heterocycles. The van der Waals surface area contributed by atoms with Crippen LogP contribution in [-0.2, 0) is 5.41 Å². The number of hydrogen-bond donors (Lipinski definition) is 0. The van der Waals surface area contributed by atoms with Crippen molar-refractivity contribution in [3.8, 4) is 89.8 Å². The molecule has 4 nitrogen and oxygen atoms in total. The molecule has 4 heteroatoms. The Labute approximate surface area is 377 Å². The topological polar surface area (TPSA) is 51.6 Å². The zero-order valence-electron chi connectivity index (χ0n) is 35.2. The standard InChI is InChI=1S/C61H38N4/c1-2-15-41(16-3-1)58-63-59(42-34-32-39(33-35-42)48-27-12-17-40-22-14-36-62-57(40)48)65-60(64-58)46-21-11-19-44(38-46)43-18-10-20-45(37-43)47-26-13-31-55-56(47)51-25-6-9-30-54(51)61(55)52-28-7-4-23-49(52)50-24-5-8-29-53(50)61/h1-38H. The summed E-state index contributed by atoms with van der Waals surface area (Å²) in [5.41, 5.74) is 20.7. The Morgan fingerprint density at radius 1 is 0.277 bits per heavy atom. The summed E-state index contributed by atoms with van der Waals surface area (Å²) in [6.45, 7) is 0. The van der Waals surface area contributed by atoms with E-state index in [1.165, 1.54) is 55.6 Å². The van der Waals surface area contributed by atoms with Gasteiger partial charge in [0.1, 0.15) is 0 Å². The summed E-state index contributed by atoms with van der Waals surface area (Å²) in [6.07, 6.45) is 1.85. The number of fused-ring (bicyclic) bond motifs is 11. The highest BCUT2D eigenvalue weighted by atomic mass is 15.0. The maximum Gasteiger partial charge on any atom is 0.164 e. The van der Waals surface area contributed by atoms with Crippen LogP contribution in [-0.4, -0.2) is 19.9 Å². The molecule has 0 bridgehead atoms. The van der Waals surface area contributed by atoms with Crippen molar-refractivity contribution in [3.05, 3.63) is 253 Å². The first kappa shape index (κ1) is 37.0. The maximum atomic E-state index is 5.14. The summed E-state index contributed by atoms with van der Waals surface area (Å²) >= 11 is 0. The molecule has 13 rings (SSSR count). The van der Waals surface area contributed by atoms with E-state index in [4.69, 9.17) is 19.9 Å². The Kier molecular flexibility index (Phi) is 8.40. The van der Waals surface area contributed by atoms with Gasteiger partial charge in [0.2, 0.25) is 0 Å². The van der Waals surface area contributed by atoms with Crippen LogP contribution in [0, 0.1) is 0 Å². The van der Waals surface area contributed by atoms with E-state index in [0.717, 1.165) is 49.8 Å². The van der Waals surface area contributed by atoms with E-state index >= 15 is 0 Å². The van der Waals surface area contributed by atoms with E-state index in [0.29, 0.717) is 17.5 Å². The Morgan fingerprint density at radius 2 is 0.723 bits per heavy atom. The maximum absolute atomic E-state index is 5.14. The highest BCUT2D eigenvalue weighted by Crippen LogP contribution is 2.64. The molecule has 2 aromatic heterocycles. The third kappa shape index (κ3) is 5.77. The van der Waals surface area contributed by atoms with E-state index in [1.54, 1.807) is 0 Å². The van der Waals surface area contributed by atoms with Gasteiger partial charge >= 0.3 is 0 Å². The molecule has 0 unspecified atom stereocenters. The molecule has 302 valence electrons. The molecule has 2 aliphatic rings. The highest BCUT2D eigenvalue weighted by molar-refractivity contribution is 6.00. The van der Waals surface area contributed by atoms with E-state index < -0.39 is 0 Å². The first-order chi connectivity index (χ1) is 32.2. The largest absolute Gasteiger partial charge is 0.256 e. The van der Waals surface area contributed by atoms with Crippen LogP contribution in [0.25, 0.3) is 101 Å². The number of hydrogen-bond acceptors (Lipinski definition) is 4. The van der Waals surface area contributed by atoms with Gasteiger partial charge in [0.05, 0.1) is 10.9 Å². The van der Waals surface area contributed by atoms with Crippen molar-refractivity contribution in [2.24, 2.45) is 0 Å². The lowest BCUT2D eigenvalue weighted by Gasteiger charge is -2.30. The molecule has 0 radical (unpaired) electrons. The minimum absolute atomic E-state index is 0.390. The van der Waals surface area contributed by atoms with Crippen molar-refractivity contribution in [2.45, 2.75) is 5.41 Å². The molecular weight excluding hydrogens is 789 g/mol. The van der Waals surface area contributed by atoms with Crippen molar-refractivity contribution in [1.82, 2.24) is 19.9 Å². The van der Waals surface area contributed by atoms with Gasteiger partial charge in [0, 0.05) is 33.8 Å². The van der Waals surface area contributed by atoms with Crippen LogP contribution in [0.15, 0.2) is 231 Å². The quantitative estimate of drug-likeness (QED) is 0.168. The zero-order valence-corrected chi connectivity index (χ0v) is 35.2. The molecule has 0 fully saturated rings. The number of pyridine rings is 1.